The summed E-state index contributed by atoms with van der Waals surface area (Å²) in [6.07, 6.45) is 2.11. The van der Waals surface area contributed by atoms with E-state index in [0.717, 1.165) is 46.9 Å². The Kier molecular flexibility index (Phi) is 4.15. The number of benzene rings is 2. The lowest BCUT2D eigenvalue weighted by atomic mass is 9.93. The molecule has 0 spiro atoms. The van der Waals surface area contributed by atoms with Gasteiger partial charge in [-0.25, -0.2) is 5.43 Å². The average Bonchev–Trinajstić information content (AvgIpc) is 2.47. The topological polar surface area (TPSA) is 47.3 Å². The summed E-state index contributed by atoms with van der Waals surface area (Å²) < 4.78 is 5.89. The molecule has 1 unspecified atom stereocenters. The van der Waals surface area contributed by atoms with Crippen molar-refractivity contribution in [2.45, 2.75) is 25.8 Å². The zero-order chi connectivity index (χ0) is 14.8. The summed E-state index contributed by atoms with van der Waals surface area (Å²) in [6.45, 7) is 2.79. The molecular weight excluding hydrogens is 284 g/mol. The summed E-state index contributed by atoms with van der Waals surface area (Å²) in [4.78, 5) is 0. The molecule has 110 valence electrons. The van der Waals surface area contributed by atoms with Crippen molar-refractivity contribution in [3.8, 4) is 5.75 Å². The summed E-state index contributed by atoms with van der Waals surface area (Å²) in [5.74, 6) is 6.78. The van der Waals surface area contributed by atoms with Gasteiger partial charge in [-0.3, -0.25) is 5.84 Å². The van der Waals surface area contributed by atoms with E-state index in [1.165, 1.54) is 5.56 Å². The van der Waals surface area contributed by atoms with Crippen LogP contribution in [-0.2, 0) is 6.42 Å². The Balaban J connectivity index is 2.08. The molecule has 0 bridgehead atoms. The van der Waals surface area contributed by atoms with Gasteiger partial charge >= 0.3 is 0 Å². The van der Waals surface area contributed by atoms with E-state index in [2.05, 4.69) is 29.7 Å². The number of hydrogen-bond acceptors (Lipinski definition) is 3. The zero-order valence-corrected chi connectivity index (χ0v) is 12.8. The van der Waals surface area contributed by atoms with Gasteiger partial charge in [0.2, 0.25) is 0 Å². The third kappa shape index (κ3) is 2.91. The second-order valence-corrected chi connectivity index (χ2v) is 5.89. The molecule has 0 aromatic heterocycles. The van der Waals surface area contributed by atoms with E-state index in [-0.39, 0.29) is 6.04 Å². The first-order valence-electron chi connectivity index (χ1n) is 7.17. The summed E-state index contributed by atoms with van der Waals surface area (Å²) in [5.41, 5.74) is 7.38. The zero-order valence-electron chi connectivity index (χ0n) is 12.0. The highest BCUT2D eigenvalue weighted by Crippen LogP contribution is 2.36. The highest BCUT2D eigenvalue weighted by molar-refractivity contribution is 6.30. The van der Waals surface area contributed by atoms with E-state index in [1.54, 1.807) is 0 Å². The molecule has 3 N–H and O–H groups in total. The molecule has 2 aromatic rings. The van der Waals surface area contributed by atoms with Gasteiger partial charge in [-0.05, 0) is 48.6 Å². The average molecular weight is 303 g/mol. The van der Waals surface area contributed by atoms with Crippen molar-refractivity contribution >= 4 is 11.6 Å². The molecule has 1 aliphatic rings. The Hall–Kier alpha value is -1.55. The van der Waals surface area contributed by atoms with Crippen LogP contribution in [0.15, 0.2) is 36.4 Å². The Labute approximate surface area is 130 Å². The number of nitrogens with two attached hydrogens (primary N) is 1. The lowest BCUT2D eigenvalue weighted by Gasteiger charge is -2.25. The maximum absolute atomic E-state index is 6.18. The van der Waals surface area contributed by atoms with Crippen LogP contribution in [0.2, 0.25) is 5.02 Å². The first-order chi connectivity index (χ1) is 10.2. The Bertz CT molecular complexity index is 637. The predicted octanol–water partition coefficient (Wildman–Crippen LogP) is 3.53. The second-order valence-electron chi connectivity index (χ2n) is 5.45. The SMILES string of the molecule is Cc1cc(Cl)cc(C(NN)c2cccc3c2OCCC3)c1. The fraction of sp³-hybridized carbons (Fsp3) is 0.294. The van der Waals surface area contributed by atoms with Gasteiger partial charge in [0, 0.05) is 10.6 Å². The summed E-state index contributed by atoms with van der Waals surface area (Å²) in [5, 5.41) is 0.718. The number of halogens is 1. The first-order valence-corrected chi connectivity index (χ1v) is 7.54. The van der Waals surface area contributed by atoms with Gasteiger partial charge in [0.05, 0.1) is 12.6 Å². The molecule has 0 aliphatic carbocycles. The van der Waals surface area contributed by atoms with Crippen LogP contribution in [-0.4, -0.2) is 6.61 Å². The third-order valence-corrected chi connectivity index (χ3v) is 4.06. The highest BCUT2D eigenvalue weighted by atomic mass is 35.5. The number of hydrazine groups is 1. The first kappa shape index (κ1) is 14.4. The van der Waals surface area contributed by atoms with Crippen LogP contribution in [0.4, 0.5) is 0 Å². The molecule has 1 aliphatic heterocycles. The van der Waals surface area contributed by atoms with Crippen LogP contribution >= 0.6 is 11.6 Å². The lowest BCUT2D eigenvalue weighted by molar-refractivity contribution is 0.283. The van der Waals surface area contributed by atoms with Crippen molar-refractivity contribution in [1.29, 1.82) is 0 Å². The van der Waals surface area contributed by atoms with Gasteiger partial charge in [-0.2, -0.15) is 0 Å². The minimum Gasteiger partial charge on any atom is -0.493 e. The second kappa shape index (κ2) is 6.06. The molecule has 4 heteroatoms. The van der Waals surface area contributed by atoms with Crippen LogP contribution in [0.3, 0.4) is 0 Å². The summed E-state index contributed by atoms with van der Waals surface area (Å²) in [6, 6.07) is 12.1. The van der Waals surface area contributed by atoms with Gasteiger partial charge in [0.25, 0.3) is 0 Å². The number of aryl methyl sites for hydroxylation is 2. The summed E-state index contributed by atoms with van der Waals surface area (Å²) >= 11 is 6.18. The molecule has 1 heterocycles. The molecule has 2 aromatic carbocycles. The van der Waals surface area contributed by atoms with Crippen molar-refractivity contribution in [2.75, 3.05) is 6.61 Å². The van der Waals surface area contributed by atoms with E-state index in [9.17, 15) is 0 Å². The van der Waals surface area contributed by atoms with E-state index in [1.807, 2.05) is 19.1 Å². The van der Waals surface area contributed by atoms with Gasteiger partial charge in [0.1, 0.15) is 5.75 Å². The van der Waals surface area contributed by atoms with E-state index < -0.39 is 0 Å². The molecule has 0 fully saturated rings. The van der Waals surface area contributed by atoms with E-state index >= 15 is 0 Å². The standard InChI is InChI=1S/C17H19ClN2O/c1-11-8-13(10-14(18)9-11)16(20-19)15-6-2-4-12-5-3-7-21-17(12)15/h2,4,6,8-10,16,20H,3,5,7,19H2,1H3. The Morgan fingerprint density at radius 3 is 2.90 bits per heavy atom. The maximum atomic E-state index is 6.18. The molecular formula is C17H19ClN2O. The smallest absolute Gasteiger partial charge is 0.127 e. The molecule has 21 heavy (non-hydrogen) atoms. The van der Waals surface area contributed by atoms with Crippen LogP contribution in [0.5, 0.6) is 5.75 Å². The Morgan fingerprint density at radius 1 is 1.29 bits per heavy atom. The van der Waals surface area contributed by atoms with Crippen molar-refractivity contribution in [3.05, 3.63) is 63.7 Å². The van der Waals surface area contributed by atoms with Gasteiger partial charge in [0.15, 0.2) is 0 Å². The number of fused-ring (bicyclic) bond motifs is 1. The van der Waals surface area contributed by atoms with Crippen LogP contribution in [0.1, 0.15) is 34.7 Å². The monoisotopic (exact) mass is 302 g/mol. The number of rotatable bonds is 3. The predicted molar refractivity (Wildman–Crippen MR) is 85.6 cm³/mol. The third-order valence-electron chi connectivity index (χ3n) is 3.84. The molecule has 3 nitrogen and oxygen atoms in total. The van der Waals surface area contributed by atoms with Gasteiger partial charge in [-0.1, -0.05) is 35.9 Å². The lowest BCUT2D eigenvalue weighted by Crippen LogP contribution is -2.30. The minimum absolute atomic E-state index is 0.129. The van der Waals surface area contributed by atoms with Crippen LogP contribution in [0.25, 0.3) is 0 Å². The quantitative estimate of drug-likeness (QED) is 0.673. The molecule has 0 radical (unpaired) electrons. The number of para-hydroxylation sites is 1. The molecule has 0 saturated carbocycles. The largest absolute Gasteiger partial charge is 0.493 e. The number of ether oxygens (including phenoxy) is 1. The minimum atomic E-state index is -0.129. The normalized spacial score (nSPS) is 15.2. The van der Waals surface area contributed by atoms with Crippen LogP contribution in [0, 0.1) is 6.92 Å². The fourth-order valence-electron chi connectivity index (χ4n) is 2.94. The van der Waals surface area contributed by atoms with Crippen molar-refractivity contribution in [3.63, 3.8) is 0 Å². The highest BCUT2D eigenvalue weighted by Gasteiger charge is 2.22. The van der Waals surface area contributed by atoms with E-state index in [4.69, 9.17) is 22.2 Å². The fourth-order valence-corrected chi connectivity index (χ4v) is 3.24. The molecule has 3 rings (SSSR count). The maximum Gasteiger partial charge on any atom is 0.127 e. The van der Waals surface area contributed by atoms with Gasteiger partial charge < -0.3 is 4.74 Å². The van der Waals surface area contributed by atoms with Crippen molar-refractivity contribution in [1.82, 2.24) is 5.43 Å². The van der Waals surface area contributed by atoms with Crippen molar-refractivity contribution in [2.24, 2.45) is 5.84 Å². The van der Waals surface area contributed by atoms with E-state index in [0.29, 0.717) is 0 Å². The van der Waals surface area contributed by atoms with Gasteiger partial charge in [-0.15, -0.1) is 0 Å². The summed E-state index contributed by atoms with van der Waals surface area (Å²) in [7, 11) is 0. The van der Waals surface area contributed by atoms with Crippen molar-refractivity contribution < 1.29 is 4.74 Å². The van der Waals surface area contributed by atoms with Crippen LogP contribution < -0.4 is 16.0 Å². The molecule has 1 atom stereocenters. The number of nitrogens with one attached hydrogen (secondary N) is 1. The Morgan fingerprint density at radius 2 is 2.14 bits per heavy atom. The molecule has 0 amide bonds. The molecule has 0 saturated heterocycles. The number of hydrogen-bond donors (Lipinski definition) is 2.